The van der Waals surface area contributed by atoms with Gasteiger partial charge in [0, 0.05) is 10.0 Å². The van der Waals surface area contributed by atoms with Gasteiger partial charge in [-0.15, -0.1) is 0 Å². The standard InChI is InChI=1S/C12H15BrN2O5S/c1-6(2)10(12(17)18)15-21(19,20)9-4-7(11(14)16)3-8(13)5-9/h3-6,10,15H,1-2H3,(H2,14,16)(H,17,18). The summed E-state index contributed by atoms with van der Waals surface area (Å²) in [4.78, 5) is 22.0. The molecule has 1 aromatic carbocycles. The van der Waals surface area contributed by atoms with Crippen molar-refractivity contribution in [1.82, 2.24) is 4.72 Å². The first-order valence-corrected chi connectivity index (χ1v) is 8.17. The molecule has 1 aromatic rings. The molecule has 21 heavy (non-hydrogen) atoms. The van der Waals surface area contributed by atoms with E-state index >= 15 is 0 Å². The third kappa shape index (κ3) is 4.51. The fourth-order valence-corrected chi connectivity index (χ4v) is 3.62. The topological polar surface area (TPSA) is 127 Å². The van der Waals surface area contributed by atoms with Crippen molar-refractivity contribution >= 4 is 37.8 Å². The maximum atomic E-state index is 12.2. The van der Waals surface area contributed by atoms with Crippen molar-refractivity contribution in [3.63, 3.8) is 0 Å². The molecule has 0 aromatic heterocycles. The number of carboxylic acids is 1. The molecule has 0 heterocycles. The van der Waals surface area contributed by atoms with Crippen LogP contribution in [0.1, 0.15) is 24.2 Å². The largest absolute Gasteiger partial charge is 0.480 e. The fraction of sp³-hybridized carbons (Fsp3) is 0.333. The molecule has 1 atom stereocenters. The van der Waals surface area contributed by atoms with Gasteiger partial charge in [0.2, 0.25) is 15.9 Å². The van der Waals surface area contributed by atoms with Crippen molar-refractivity contribution in [2.75, 3.05) is 0 Å². The molecule has 1 unspecified atom stereocenters. The van der Waals surface area contributed by atoms with Gasteiger partial charge in [-0.3, -0.25) is 9.59 Å². The number of sulfonamides is 1. The smallest absolute Gasteiger partial charge is 0.322 e. The van der Waals surface area contributed by atoms with Crippen LogP contribution in [0.25, 0.3) is 0 Å². The first-order valence-electron chi connectivity index (χ1n) is 5.90. The quantitative estimate of drug-likeness (QED) is 0.678. The molecule has 116 valence electrons. The molecular formula is C12H15BrN2O5S. The van der Waals surface area contributed by atoms with Crippen LogP contribution in [0.3, 0.4) is 0 Å². The van der Waals surface area contributed by atoms with E-state index in [4.69, 9.17) is 10.8 Å². The average Bonchev–Trinajstić information content (AvgIpc) is 2.34. The minimum absolute atomic E-state index is 0.00109. The number of primary amides is 1. The Morgan fingerprint density at radius 1 is 1.29 bits per heavy atom. The Labute approximate surface area is 130 Å². The van der Waals surface area contributed by atoms with Gasteiger partial charge in [-0.2, -0.15) is 4.72 Å². The number of carbonyl (C=O) groups is 2. The zero-order valence-electron chi connectivity index (χ0n) is 11.3. The second-order valence-electron chi connectivity index (χ2n) is 4.72. The van der Waals surface area contributed by atoms with Gasteiger partial charge in [-0.05, 0) is 24.1 Å². The SMILES string of the molecule is CC(C)C(NS(=O)(=O)c1cc(Br)cc(C(N)=O)c1)C(=O)O. The van der Waals surface area contributed by atoms with Crippen molar-refractivity contribution in [1.29, 1.82) is 0 Å². The molecule has 0 saturated carbocycles. The number of nitrogens with two attached hydrogens (primary N) is 1. The van der Waals surface area contributed by atoms with E-state index in [-0.39, 0.29) is 10.5 Å². The zero-order valence-corrected chi connectivity index (χ0v) is 13.7. The molecule has 1 rings (SSSR count). The number of hydrogen-bond acceptors (Lipinski definition) is 4. The molecule has 0 aliphatic heterocycles. The highest BCUT2D eigenvalue weighted by Crippen LogP contribution is 2.20. The van der Waals surface area contributed by atoms with Crippen LogP contribution >= 0.6 is 15.9 Å². The molecule has 0 fully saturated rings. The second-order valence-corrected chi connectivity index (χ2v) is 7.35. The Hall–Kier alpha value is -1.45. The molecule has 9 heteroatoms. The Kier molecular flexibility index (Phi) is 5.48. The summed E-state index contributed by atoms with van der Waals surface area (Å²) in [6.45, 7) is 3.16. The summed E-state index contributed by atoms with van der Waals surface area (Å²) in [7, 11) is -4.10. The Balaban J connectivity index is 3.25. The van der Waals surface area contributed by atoms with Gasteiger partial charge in [0.05, 0.1) is 4.90 Å². The summed E-state index contributed by atoms with van der Waals surface area (Å²) in [5.74, 6) is -2.51. The number of hydrogen-bond donors (Lipinski definition) is 3. The van der Waals surface area contributed by atoms with Gasteiger partial charge in [-0.25, -0.2) is 8.42 Å². The van der Waals surface area contributed by atoms with Crippen molar-refractivity contribution in [3.8, 4) is 0 Å². The van der Waals surface area contributed by atoms with Crippen molar-refractivity contribution in [3.05, 3.63) is 28.2 Å². The molecule has 1 amide bonds. The summed E-state index contributed by atoms with van der Waals surface area (Å²) in [6, 6.07) is 2.45. The van der Waals surface area contributed by atoms with E-state index in [0.717, 1.165) is 6.07 Å². The van der Waals surface area contributed by atoms with Crippen LogP contribution in [-0.2, 0) is 14.8 Å². The highest BCUT2D eigenvalue weighted by Gasteiger charge is 2.28. The van der Waals surface area contributed by atoms with Crippen LogP contribution in [0.4, 0.5) is 0 Å². The van der Waals surface area contributed by atoms with Gasteiger partial charge in [-0.1, -0.05) is 29.8 Å². The van der Waals surface area contributed by atoms with Crippen molar-refractivity contribution in [2.45, 2.75) is 24.8 Å². The Bertz CT molecular complexity index is 672. The van der Waals surface area contributed by atoms with E-state index in [1.165, 1.54) is 12.1 Å². The van der Waals surface area contributed by atoms with Gasteiger partial charge < -0.3 is 10.8 Å². The van der Waals surface area contributed by atoms with Crippen LogP contribution in [0.5, 0.6) is 0 Å². The van der Waals surface area contributed by atoms with Crippen molar-refractivity contribution < 1.29 is 23.1 Å². The number of carboxylic acid groups (broad SMARTS) is 1. The summed E-state index contributed by atoms with van der Waals surface area (Å²) < 4.78 is 26.9. The lowest BCUT2D eigenvalue weighted by molar-refractivity contribution is -0.140. The third-order valence-electron chi connectivity index (χ3n) is 2.68. The lowest BCUT2D eigenvalue weighted by Crippen LogP contribution is -2.44. The van der Waals surface area contributed by atoms with Crippen LogP contribution in [-0.4, -0.2) is 31.4 Å². The fourth-order valence-electron chi connectivity index (χ4n) is 1.57. The van der Waals surface area contributed by atoms with Crippen LogP contribution in [0, 0.1) is 5.92 Å². The highest BCUT2D eigenvalue weighted by atomic mass is 79.9. The van der Waals surface area contributed by atoms with E-state index in [1.807, 2.05) is 0 Å². The van der Waals surface area contributed by atoms with Crippen LogP contribution in [0.15, 0.2) is 27.6 Å². The summed E-state index contributed by atoms with van der Waals surface area (Å²) in [6.07, 6.45) is 0. The maximum absolute atomic E-state index is 12.2. The van der Waals surface area contributed by atoms with Gasteiger partial charge in [0.15, 0.2) is 0 Å². The number of amides is 1. The second kappa shape index (κ2) is 6.54. The van der Waals surface area contributed by atoms with E-state index in [2.05, 4.69) is 20.7 Å². The first-order chi connectivity index (χ1) is 9.54. The lowest BCUT2D eigenvalue weighted by Gasteiger charge is -2.18. The molecule has 0 aliphatic carbocycles. The Morgan fingerprint density at radius 3 is 2.29 bits per heavy atom. The first kappa shape index (κ1) is 17.6. The molecule has 4 N–H and O–H groups in total. The third-order valence-corrected chi connectivity index (χ3v) is 4.56. The van der Waals surface area contributed by atoms with Gasteiger partial charge in [0.25, 0.3) is 0 Å². The number of rotatable bonds is 6. The molecule has 7 nitrogen and oxygen atoms in total. The van der Waals surface area contributed by atoms with Gasteiger partial charge in [0.1, 0.15) is 6.04 Å². The average molecular weight is 379 g/mol. The van der Waals surface area contributed by atoms with E-state index in [0.29, 0.717) is 4.47 Å². The number of carbonyl (C=O) groups excluding carboxylic acids is 1. The number of nitrogens with one attached hydrogen (secondary N) is 1. The van der Waals surface area contributed by atoms with Crippen LogP contribution < -0.4 is 10.5 Å². The number of aliphatic carboxylic acids is 1. The normalized spacial score (nSPS) is 13.1. The van der Waals surface area contributed by atoms with E-state index in [9.17, 15) is 18.0 Å². The predicted molar refractivity (Wildman–Crippen MR) is 79.2 cm³/mol. The molecule has 0 spiro atoms. The summed E-state index contributed by atoms with van der Waals surface area (Å²) in [5.41, 5.74) is 5.12. The minimum atomic E-state index is -4.10. The summed E-state index contributed by atoms with van der Waals surface area (Å²) >= 11 is 3.08. The monoisotopic (exact) mass is 378 g/mol. The molecule has 0 bridgehead atoms. The maximum Gasteiger partial charge on any atom is 0.322 e. The number of halogens is 1. The zero-order chi connectivity index (χ0) is 16.4. The Morgan fingerprint density at radius 2 is 1.86 bits per heavy atom. The molecule has 0 aliphatic rings. The van der Waals surface area contributed by atoms with Crippen LogP contribution in [0.2, 0.25) is 0 Å². The van der Waals surface area contributed by atoms with E-state index in [1.54, 1.807) is 13.8 Å². The molecular weight excluding hydrogens is 364 g/mol. The van der Waals surface area contributed by atoms with Crippen molar-refractivity contribution in [2.24, 2.45) is 11.7 Å². The van der Waals surface area contributed by atoms with Gasteiger partial charge >= 0.3 is 5.97 Å². The molecule has 0 radical (unpaired) electrons. The number of benzene rings is 1. The predicted octanol–water partition coefficient (Wildman–Crippen LogP) is 0.936. The highest BCUT2D eigenvalue weighted by molar-refractivity contribution is 9.10. The minimum Gasteiger partial charge on any atom is -0.480 e. The lowest BCUT2D eigenvalue weighted by atomic mass is 10.1. The van der Waals surface area contributed by atoms with E-state index < -0.39 is 33.9 Å². The summed E-state index contributed by atoms with van der Waals surface area (Å²) in [5, 5.41) is 9.04. The molecule has 0 saturated heterocycles.